The van der Waals surface area contributed by atoms with E-state index in [1.807, 2.05) is 54.6 Å². The molecule has 12 heteroatoms. The first kappa shape index (κ1) is 30.6. The molecule has 1 amide bonds. The van der Waals surface area contributed by atoms with Crippen molar-refractivity contribution in [2.75, 3.05) is 25.6 Å². The number of hydrogen-bond acceptors (Lipinski definition) is 7. The second kappa shape index (κ2) is 15.0. The summed E-state index contributed by atoms with van der Waals surface area (Å²) in [5.74, 6) is -0.658. The van der Waals surface area contributed by atoms with Gasteiger partial charge in [0.25, 0.3) is 6.02 Å². The Balaban J connectivity index is 0.000000235. The van der Waals surface area contributed by atoms with Crippen LogP contribution in [0.2, 0.25) is 0 Å². The Morgan fingerprint density at radius 1 is 1.05 bits per heavy atom. The van der Waals surface area contributed by atoms with Crippen molar-refractivity contribution >= 4 is 29.2 Å². The molecule has 0 fully saturated rings. The highest BCUT2D eigenvalue weighted by atomic mass is 19.4. The van der Waals surface area contributed by atoms with Gasteiger partial charge in [0.1, 0.15) is 12.2 Å². The van der Waals surface area contributed by atoms with Crippen LogP contribution >= 0.6 is 0 Å². The van der Waals surface area contributed by atoms with Gasteiger partial charge in [-0.25, -0.2) is 0 Å². The smallest absolute Gasteiger partial charge is 0.406 e. The summed E-state index contributed by atoms with van der Waals surface area (Å²) in [5.41, 5.74) is 7.47. The van der Waals surface area contributed by atoms with Crippen molar-refractivity contribution in [1.29, 1.82) is 10.8 Å². The molecule has 0 unspecified atom stereocenters. The molecular weight excluding hydrogens is 513 g/mol. The van der Waals surface area contributed by atoms with Gasteiger partial charge in [0.15, 0.2) is 0 Å². The molecular formula is C27H29F3N6O3. The molecule has 9 nitrogen and oxygen atoms in total. The lowest BCUT2D eigenvalue weighted by atomic mass is 10.0. The number of nitrogens with one attached hydrogen (secondary N) is 3. The van der Waals surface area contributed by atoms with Crippen LogP contribution < -0.4 is 11.1 Å². The number of aromatic nitrogens is 1. The summed E-state index contributed by atoms with van der Waals surface area (Å²) in [7, 11) is 1.71. The van der Waals surface area contributed by atoms with Crippen LogP contribution in [0.25, 0.3) is 0 Å². The van der Waals surface area contributed by atoms with E-state index >= 15 is 0 Å². The predicted molar refractivity (Wildman–Crippen MR) is 143 cm³/mol. The van der Waals surface area contributed by atoms with E-state index < -0.39 is 23.7 Å². The third-order valence-corrected chi connectivity index (χ3v) is 4.83. The highest BCUT2D eigenvalue weighted by Crippen LogP contribution is 2.28. The molecule has 0 saturated heterocycles. The number of alkyl halides is 3. The first-order valence-electron chi connectivity index (χ1n) is 11.7. The molecule has 2 aromatic carbocycles. The number of hydrogen-bond donors (Lipinski definition) is 4. The fraction of sp³-hybridized carbons (Fsp3) is 0.222. The fourth-order valence-electron chi connectivity index (χ4n) is 3.13. The van der Waals surface area contributed by atoms with Crippen molar-refractivity contribution in [3.05, 3.63) is 95.3 Å². The van der Waals surface area contributed by atoms with Gasteiger partial charge in [-0.1, -0.05) is 55.5 Å². The summed E-state index contributed by atoms with van der Waals surface area (Å²) in [6.07, 6.45) is -2.78. The van der Waals surface area contributed by atoms with Crippen molar-refractivity contribution in [1.82, 2.24) is 4.98 Å². The maximum absolute atomic E-state index is 12.2. The summed E-state index contributed by atoms with van der Waals surface area (Å²) in [6, 6.07) is 18.7. The van der Waals surface area contributed by atoms with Crippen LogP contribution in [-0.4, -0.2) is 48.8 Å². The maximum atomic E-state index is 12.2. The highest BCUT2D eigenvalue weighted by molar-refractivity contribution is 6.19. The Morgan fingerprint density at radius 3 is 2.26 bits per heavy atom. The Morgan fingerprint density at radius 2 is 1.72 bits per heavy atom. The zero-order valence-electron chi connectivity index (χ0n) is 21.4. The molecule has 1 aliphatic heterocycles. The first-order valence-corrected chi connectivity index (χ1v) is 11.7. The second-order valence-electron chi connectivity index (χ2n) is 7.84. The molecule has 2 heterocycles. The number of carbonyl (C=O) groups excluding carboxylic acids is 1. The number of halogens is 3. The minimum Gasteiger partial charge on any atom is -0.406 e. The molecule has 0 spiro atoms. The van der Waals surface area contributed by atoms with Crippen molar-refractivity contribution in [2.45, 2.75) is 19.5 Å². The van der Waals surface area contributed by atoms with E-state index in [4.69, 9.17) is 21.3 Å². The van der Waals surface area contributed by atoms with Crippen LogP contribution in [-0.2, 0) is 20.4 Å². The average Bonchev–Trinajstić information content (AvgIpc) is 3.08. The Kier molecular flexibility index (Phi) is 11.8. The number of fused-ring (bicyclic) bond motifs is 1. The van der Waals surface area contributed by atoms with Gasteiger partial charge in [-0.05, 0) is 24.6 Å². The molecule has 5 N–H and O–H groups in total. The summed E-state index contributed by atoms with van der Waals surface area (Å²) in [5, 5.41) is 16.8. The minimum atomic E-state index is -4.48. The molecule has 0 radical (unpaired) electrons. The van der Waals surface area contributed by atoms with Crippen molar-refractivity contribution in [3.8, 4) is 0 Å². The van der Waals surface area contributed by atoms with E-state index in [-0.39, 0.29) is 18.1 Å². The van der Waals surface area contributed by atoms with Gasteiger partial charge >= 0.3 is 6.18 Å². The van der Waals surface area contributed by atoms with Crippen LogP contribution in [0.15, 0.2) is 77.9 Å². The Labute approximate surface area is 223 Å². The van der Waals surface area contributed by atoms with Crippen LogP contribution in [0.3, 0.4) is 0 Å². The number of nitrogens with zero attached hydrogens (tertiary/aromatic N) is 2. The molecule has 1 aliphatic rings. The molecule has 39 heavy (non-hydrogen) atoms. The molecule has 0 atom stereocenters. The van der Waals surface area contributed by atoms with Gasteiger partial charge < -0.3 is 20.5 Å². The lowest BCUT2D eigenvalue weighted by molar-refractivity contribution is -0.137. The molecule has 0 saturated carbocycles. The predicted octanol–water partition coefficient (Wildman–Crippen LogP) is 4.85. The number of amidine groups is 1. The SMILES string of the molecule is CCCOC.N=C(N)OC(=N)c1ccc(C(F)(F)F)cn1.O=C1CN=C(c2ccccc2)c2ccccc2N1. The summed E-state index contributed by atoms with van der Waals surface area (Å²) < 4.78 is 45.5. The Hall–Kier alpha value is -4.58. The monoisotopic (exact) mass is 542 g/mol. The number of methoxy groups -OCH3 is 1. The maximum Gasteiger partial charge on any atom is 0.417 e. The zero-order valence-corrected chi connectivity index (χ0v) is 21.4. The quantitative estimate of drug-likeness (QED) is 0.275. The standard InChI is InChI=1S/C15H12N2O.C8H7F3N4O.C4H10O/c18-14-10-16-15(11-6-2-1-3-7-11)12-8-4-5-9-13(12)17-14;9-8(10,11)4-1-2-5(15-3-4)6(12)16-7(13)14;1-3-4-5-2/h1-9H,10H2,(H,17,18);1-3,12H,(H3,13,14);3-4H2,1-2H3. The molecule has 0 bridgehead atoms. The summed E-state index contributed by atoms with van der Waals surface area (Å²) in [4.78, 5) is 19.4. The molecule has 4 rings (SSSR count). The average molecular weight is 543 g/mol. The number of amides is 1. The van der Waals surface area contributed by atoms with E-state index in [2.05, 4.69) is 27.0 Å². The number of benzodiazepines with no additional fused rings is 1. The van der Waals surface area contributed by atoms with Crippen LogP contribution in [0.1, 0.15) is 35.7 Å². The van der Waals surface area contributed by atoms with Crippen LogP contribution in [0.4, 0.5) is 18.9 Å². The first-order chi connectivity index (χ1) is 18.6. The van der Waals surface area contributed by atoms with Gasteiger partial charge in [0.2, 0.25) is 11.8 Å². The topological polar surface area (TPSA) is 147 Å². The van der Waals surface area contributed by atoms with Gasteiger partial charge in [-0.15, -0.1) is 0 Å². The van der Waals surface area contributed by atoms with E-state index in [0.29, 0.717) is 6.20 Å². The summed E-state index contributed by atoms with van der Waals surface area (Å²) >= 11 is 0. The Bertz CT molecular complexity index is 1280. The number of rotatable bonds is 4. The number of aliphatic imine (C=N–C) groups is 1. The second-order valence-corrected chi connectivity index (χ2v) is 7.84. The molecule has 0 aliphatic carbocycles. The highest BCUT2D eigenvalue weighted by Gasteiger charge is 2.30. The minimum absolute atomic E-state index is 0.0756. The van der Waals surface area contributed by atoms with Gasteiger partial charge in [-0.2, -0.15) is 13.2 Å². The molecule has 3 aromatic rings. The molecule has 1 aromatic heterocycles. The lowest BCUT2D eigenvalue weighted by Gasteiger charge is -2.09. The van der Waals surface area contributed by atoms with Crippen molar-refractivity contribution in [3.63, 3.8) is 0 Å². The zero-order chi connectivity index (χ0) is 28.8. The number of para-hydroxylation sites is 1. The van der Waals surface area contributed by atoms with E-state index in [1.54, 1.807) is 7.11 Å². The number of nitrogens with two attached hydrogens (primary N) is 1. The lowest BCUT2D eigenvalue weighted by Crippen LogP contribution is -2.20. The van der Waals surface area contributed by atoms with Gasteiger partial charge in [0, 0.05) is 31.0 Å². The number of benzene rings is 2. The van der Waals surface area contributed by atoms with Gasteiger partial charge in [0.05, 0.1) is 17.0 Å². The number of pyridine rings is 1. The third-order valence-electron chi connectivity index (χ3n) is 4.83. The molecule has 206 valence electrons. The number of ether oxygens (including phenoxy) is 2. The number of anilines is 1. The van der Waals surface area contributed by atoms with Crippen LogP contribution in [0, 0.1) is 10.8 Å². The van der Waals surface area contributed by atoms with E-state index in [9.17, 15) is 18.0 Å². The fourth-order valence-corrected chi connectivity index (χ4v) is 3.13. The van der Waals surface area contributed by atoms with E-state index in [0.717, 1.165) is 47.7 Å². The van der Waals surface area contributed by atoms with Crippen LogP contribution in [0.5, 0.6) is 0 Å². The van der Waals surface area contributed by atoms with E-state index in [1.165, 1.54) is 0 Å². The van der Waals surface area contributed by atoms with Crippen molar-refractivity contribution in [2.24, 2.45) is 10.7 Å². The third kappa shape index (κ3) is 10.0. The summed E-state index contributed by atoms with van der Waals surface area (Å²) in [6.45, 7) is 3.14. The normalized spacial score (nSPS) is 12.1. The largest absolute Gasteiger partial charge is 0.417 e. The van der Waals surface area contributed by atoms with Crippen molar-refractivity contribution < 1.29 is 27.4 Å². The van der Waals surface area contributed by atoms with Gasteiger partial charge in [-0.3, -0.25) is 25.6 Å². The number of carbonyl (C=O) groups is 1.